The van der Waals surface area contributed by atoms with E-state index in [9.17, 15) is 0 Å². The van der Waals surface area contributed by atoms with E-state index in [1.165, 1.54) is 5.56 Å². The van der Waals surface area contributed by atoms with Crippen LogP contribution in [0.4, 0.5) is 5.95 Å². The van der Waals surface area contributed by atoms with E-state index in [-0.39, 0.29) is 0 Å². The van der Waals surface area contributed by atoms with Crippen LogP contribution in [0.5, 0.6) is 11.5 Å². The maximum Gasteiger partial charge on any atom is 0.201 e. The standard InChI is InChI=1S/C28H29N3O2/c1-5-22(6-2)23-12-13-25-24(16-23)30-28(29)31(25)17-21-11-14-26(27(15-21)32-4)33-18-20-9-7-19(3)8-10-20/h5-16H,1,17-18H2,2-4H3,(H2,29,30)/b22-6+. The molecular formula is C28H29N3O2. The van der Waals surface area contributed by atoms with E-state index in [1.807, 2.05) is 47.9 Å². The molecule has 0 fully saturated rings. The molecule has 0 atom stereocenters. The number of imidazole rings is 1. The number of ether oxygens (including phenoxy) is 2. The topological polar surface area (TPSA) is 62.3 Å². The molecule has 4 aromatic rings. The van der Waals surface area contributed by atoms with Crippen molar-refractivity contribution < 1.29 is 9.47 Å². The Morgan fingerprint density at radius 2 is 1.79 bits per heavy atom. The first kappa shape index (κ1) is 22.2. The van der Waals surface area contributed by atoms with Gasteiger partial charge >= 0.3 is 0 Å². The summed E-state index contributed by atoms with van der Waals surface area (Å²) in [6, 6.07) is 20.4. The van der Waals surface area contributed by atoms with Crippen LogP contribution in [0.2, 0.25) is 0 Å². The van der Waals surface area contributed by atoms with E-state index in [2.05, 4.69) is 54.9 Å². The van der Waals surface area contributed by atoms with Crippen molar-refractivity contribution in [3.63, 3.8) is 0 Å². The average molecular weight is 440 g/mol. The maximum absolute atomic E-state index is 6.28. The Bertz CT molecular complexity index is 1320. The number of aryl methyl sites for hydroxylation is 1. The number of rotatable bonds is 8. The van der Waals surface area contributed by atoms with Gasteiger partial charge in [0.25, 0.3) is 0 Å². The van der Waals surface area contributed by atoms with Crippen LogP contribution in [-0.2, 0) is 13.2 Å². The fraction of sp³-hybridized carbons (Fsp3) is 0.179. The third kappa shape index (κ3) is 4.77. The molecule has 0 radical (unpaired) electrons. The number of hydrogen-bond acceptors (Lipinski definition) is 4. The lowest BCUT2D eigenvalue weighted by Crippen LogP contribution is -2.05. The molecule has 0 aliphatic carbocycles. The summed E-state index contributed by atoms with van der Waals surface area (Å²) in [7, 11) is 1.65. The molecule has 1 aromatic heterocycles. The molecule has 0 saturated heterocycles. The molecule has 2 N–H and O–H groups in total. The second-order valence-corrected chi connectivity index (χ2v) is 7.97. The van der Waals surface area contributed by atoms with E-state index in [4.69, 9.17) is 15.2 Å². The third-order valence-electron chi connectivity index (χ3n) is 5.73. The Hall–Kier alpha value is -3.99. The molecule has 0 unspecified atom stereocenters. The van der Waals surface area contributed by atoms with Gasteiger partial charge in [-0.1, -0.05) is 60.7 Å². The predicted octanol–water partition coefficient (Wildman–Crippen LogP) is 6.15. The summed E-state index contributed by atoms with van der Waals surface area (Å²) >= 11 is 0. The zero-order chi connectivity index (χ0) is 23.4. The number of anilines is 1. The van der Waals surface area contributed by atoms with E-state index in [1.54, 1.807) is 7.11 Å². The second-order valence-electron chi connectivity index (χ2n) is 7.97. The van der Waals surface area contributed by atoms with Crippen molar-refractivity contribution in [1.29, 1.82) is 0 Å². The molecule has 1 heterocycles. The zero-order valence-corrected chi connectivity index (χ0v) is 19.3. The molecule has 0 bridgehead atoms. The maximum atomic E-state index is 6.28. The van der Waals surface area contributed by atoms with Gasteiger partial charge in [0, 0.05) is 0 Å². The highest BCUT2D eigenvalue weighted by atomic mass is 16.5. The number of nitrogens with zero attached hydrogens (tertiary/aromatic N) is 2. The first-order chi connectivity index (χ1) is 16.0. The molecule has 5 heteroatoms. The lowest BCUT2D eigenvalue weighted by molar-refractivity contribution is 0.284. The van der Waals surface area contributed by atoms with Gasteiger partial charge in [0.05, 0.1) is 24.7 Å². The van der Waals surface area contributed by atoms with Crippen molar-refractivity contribution in [3.05, 3.63) is 102 Å². The molecule has 0 spiro atoms. The number of hydrogen-bond donors (Lipinski definition) is 1. The number of methoxy groups -OCH3 is 1. The fourth-order valence-corrected chi connectivity index (χ4v) is 3.85. The molecule has 33 heavy (non-hydrogen) atoms. The van der Waals surface area contributed by atoms with Crippen LogP contribution in [0.15, 0.2) is 79.4 Å². The summed E-state index contributed by atoms with van der Waals surface area (Å²) in [4.78, 5) is 4.57. The van der Waals surface area contributed by atoms with Gasteiger partial charge in [-0.3, -0.25) is 0 Å². The zero-order valence-electron chi connectivity index (χ0n) is 19.3. The van der Waals surface area contributed by atoms with Crippen molar-refractivity contribution >= 4 is 22.6 Å². The van der Waals surface area contributed by atoms with Gasteiger partial charge < -0.3 is 19.8 Å². The van der Waals surface area contributed by atoms with Gasteiger partial charge in [-0.05, 0) is 60.4 Å². The van der Waals surface area contributed by atoms with Crippen molar-refractivity contribution in [2.45, 2.75) is 27.0 Å². The number of nitrogen functional groups attached to an aromatic ring is 1. The van der Waals surface area contributed by atoms with Crippen molar-refractivity contribution in [3.8, 4) is 11.5 Å². The van der Waals surface area contributed by atoms with Gasteiger partial charge in [-0.25, -0.2) is 4.98 Å². The van der Waals surface area contributed by atoms with Crippen molar-refractivity contribution in [2.75, 3.05) is 12.8 Å². The van der Waals surface area contributed by atoms with Gasteiger partial charge in [0.15, 0.2) is 11.5 Å². The number of nitrogens with two attached hydrogens (primary N) is 1. The molecular weight excluding hydrogens is 410 g/mol. The van der Waals surface area contributed by atoms with Crippen molar-refractivity contribution in [2.24, 2.45) is 0 Å². The minimum Gasteiger partial charge on any atom is -0.493 e. The minimum absolute atomic E-state index is 0.474. The number of aromatic nitrogens is 2. The van der Waals surface area contributed by atoms with Gasteiger partial charge in [0.2, 0.25) is 5.95 Å². The highest BCUT2D eigenvalue weighted by molar-refractivity contribution is 5.85. The van der Waals surface area contributed by atoms with Crippen LogP contribution in [0.1, 0.15) is 29.2 Å². The van der Waals surface area contributed by atoms with E-state index >= 15 is 0 Å². The largest absolute Gasteiger partial charge is 0.493 e. The molecule has 0 aliphatic rings. The number of allylic oxidation sites excluding steroid dienone is 3. The first-order valence-electron chi connectivity index (χ1n) is 10.9. The SMILES string of the molecule is C=C/C(=C\C)c1ccc2c(c1)nc(N)n2Cc1ccc(OCc2ccc(C)cc2)c(OC)c1. The van der Waals surface area contributed by atoms with Crippen LogP contribution < -0.4 is 15.2 Å². The lowest BCUT2D eigenvalue weighted by atomic mass is 10.1. The fourth-order valence-electron chi connectivity index (χ4n) is 3.85. The van der Waals surface area contributed by atoms with Gasteiger partial charge in [0.1, 0.15) is 6.61 Å². The molecule has 0 aliphatic heterocycles. The van der Waals surface area contributed by atoms with Gasteiger partial charge in [-0.2, -0.15) is 0 Å². The van der Waals surface area contributed by atoms with E-state index < -0.39 is 0 Å². The summed E-state index contributed by atoms with van der Waals surface area (Å²) in [5.41, 5.74) is 13.6. The quantitative estimate of drug-likeness (QED) is 0.334. The Balaban J connectivity index is 1.56. The summed E-state index contributed by atoms with van der Waals surface area (Å²) < 4.78 is 13.6. The van der Waals surface area contributed by atoms with E-state index in [0.717, 1.165) is 33.3 Å². The molecule has 0 amide bonds. The van der Waals surface area contributed by atoms with Crippen LogP contribution >= 0.6 is 0 Å². The summed E-state index contributed by atoms with van der Waals surface area (Å²) in [6.45, 7) is 9.01. The average Bonchev–Trinajstić information content (AvgIpc) is 3.14. The molecule has 0 saturated carbocycles. The van der Waals surface area contributed by atoms with Crippen LogP contribution in [-0.4, -0.2) is 16.7 Å². The van der Waals surface area contributed by atoms with Crippen molar-refractivity contribution in [1.82, 2.24) is 9.55 Å². The Morgan fingerprint density at radius 1 is 1.03 bits per heavy atom. The van der Waals surface area contributed by atoms with Gasteiger partial charge in [-0.15, -0.1) is 0 Å². The molecule has 5 nitrogen and oxygen atoms in total. The second kappa shape index (κ2) is 9.65. The first-order valence-corrected chi connectivity index (χ1v) is 10.9. The molecule has 168 valence electrons. The molecule has 4 rings (SSSR count). The minimum atomic E-state index is 0.474. The van der Waals surface area contributed by atoms with Crippen LogP contribution in [0, 0.1) is 6.92 Å². The highest BCUT2D eigenvalue weighted by Crippen LogP contribution is 2.30. The van der Waals surface area contributed by atoms with Crippen LogP contribution in [0.25, 0.3) is 16.6 Å². The predicted molar refractivity (Wildman–Crippen MR) is 136 cm³/mol. The smallest absolute Gasteiger partial charge is 0.201 e. The Labute approximate surface area is 194 Å². The van der Waals surface area contributed by atoms with Crippen LogP contribution in [0.3, 0.4) is 0 Å². The number of fused-ring (bicyclic) bond motifs is 1. The highest BCUT2D eigenvalue weighted by Gasteiger charge is 2.12. The Kier molecular flexibility index (Phi) is 6.50. The Morgan fingerprint density at radius 3 is 2.48 bits per heavy atom. The third-order valence-corrected chi connectivity index (χ3v) is 5.73. The summed E-state index contributed by atoms with van der Waals surface area (Å²) in [6.07, 6.45) is 3.87. The van der Waals surface area contributed by atoms with E-state index in [0.29, 0.717) is 30.6 Å². The number of benzene rings is 3. The molecule has 3 aromatic carbocycles. The monoisotopic (exact) mass is 439 g/mol. The normalized spacial score (nSPS) is 11.5. The summed E-state index contributed by atoms with van der Waals surface area (Å²) in [5, 5.41) is 0. The summed E-state index contributed by atoms with van der Waals surface area (Å²) in [5.74, 6) is 1.87. The lowest BCUT2D eigenvalue weighted by Gasteiger charge is -2.13.